The molecule has 0 bridgehead atoms. The highest BCUT2D eigenvalue weighted by atomic mass is 32.1. The van der Waals surface area contributed by atoms with E-state index in [1.807, 2.05) is 47.8 Å². The number of rotatable bonds is 10. The van der Waals surface area contributed by atoms with Crippen molar-refractivity contribution in [2.75, 3.05) is 6.54 Å². The van der Waals surface area contributed by atoms with Gasteiger partial charge >= 0.3 is 0 Å². The second-order valence-electron chi connectivity index (χ2n) is 8.50. The predicted molar refractivity (Wildman–Crippen MR) is 132 cm³/mol. The van der Waals surface area contributed by atoms with Gasteiger partial charge in [-0.15, -0.1) is 16.4 Å². The molecule has 176 valence electrons. The van der Waals surface area contributed by atoms with Gasteiger partial charge in [0, 0.05) is 29.4 Å². The van der Waals surface area contributed by atoms with Crippen LogP contribution in [0, 0.1) is 5.92 Å². The van der Waals surface area contributed by atoms with Gasteiger partial charge in [0.05, 0.1) is 12.1 Å². The summed E-state index contributed by atoms with van der Waals surface area (Å²) < 4.78 is 1.58. The number of aromatic nitrogens is 4. The monoisotopic (exact) mass is 476 g/mol. The van der Waals surface area contributed by atoms with Crippen LogP contribution in [0.5, 0.6) is 0 Å². The van der Waals surface area contributed by atoms with E-state index >= 15 is 0 Å². The first-order valence-electron chi connectivity index (χ1n) is 11.3. The molecular formula is C25H28N6O2S. The Hall–Kier alpha value is -3.59. The van der Waals surface area contributed by atoms with Gasteiger partial charge in [0.25, 0.3) is 0 Å². The zero-order valence-corrected chi connectivity index (χ0v) is 20.1. The third-order valence-electron chi connectivity index (χ3n) is 5.51. The second-order valence-corrected chi connectivity index (χ2v) is 9.53. The minimum absolute atomic E-state index is 0.0259. The number of carbonyl (C=O) groups is 2. The Bertz CT molecular complexity index is 1220. The van der Waals surface area contributed by atoms with E-state index in [4.69, 9.17) is 0 Å². The molecule has 3 heterocycles. The van der Waals surface area contributed by atoms with E-state index in [-0.39, 0.29) is 18.4 Å². The molecule has 0 saturated heterocycles. The zero-order valence-electron chi connectivity index (χ0n) is 19.3. The van der Waals surface area contributed by atoms with Crippen molar-refractivity contribution in [2.45, 2.75) is 39.4 Å². The highest BCUT2D eigenvalue weighted by Crippen LogP contribution is 2.25. The number of pyridine rings is 1. The first kappa shape index (κ1) is 23.6. The first-order chi connectivity index (χ1) is 16.5. The van der Waals surface area contributed by atoms with Gasteiger partial charge in [0.2, 0.25) is 11.8 Å². The van der Waals surface area contributed by atoms with Crippen molar-refractivity contribution in [1.82, 2.24) is 30.2 Å². The molecule has 0 radical (unpaired) electrons. The van der Waals surface area contributed by atoms with E-state index in [1.165, 1.54) is 0 Å². The summed E-state index contributed by atoms with van der Waals surface area (Å²) in [6.07, 6.45) is 4.16. The summed E-state index contributed by atoms with van der Waals surface area (Å²) in [6.45, 7) is 5.05. The van der Waals surface area contributed by atoms with E-state index in [9.17, 15) is 9.59 Å². The van der Waals surface area contributed by atoms with Gasteiger partial charge in [0.1, 0.15) is 18.1 Å². The second kappa shape index (κ2) is 11.0. The van der Waals surface area contributed by atoms with Crippen LogP contribution in [-0.4, -0.2) is 43.2 Å². The topological polar surface area (TPSA) is 93.0 Å². The van der Waals surface area contributed by atoms with E-state index in [0.29, 0.717) is 24.6 Å². The molecular weight excluding hydrogens is 448 g/mol. The van der Waals surface area contributed by atoms with Gasteiger partial charge < -0.3 is 10.2 Å². The molecule has 1 aromatic carbocycles. The SMILES string of the molecule is CC(C)CCNC(=O)[C@H](c1cccnc1)N(Cc1cccs1)C(=O)Cn1nnc2ccccc21. The van der Waals surface area contributed by atoms with Crippen molar-refractivity contribution in [1.29, 1.82) is 0 Å². The Morgan fingerprint density at radius 3 is 2.71 bits per heavy atom. The normalized spacial score (nSPS) is 12.1. The summed E-state index contributed by atoms with van der Waals surface area (Å²) in [5.74, 6) is 0.0144. The average molecular weight is 477 g/mol. The number of thiophene rings is 1. The molecule has 0 aliphatic carbocycles. The minimum atomic E-state index is -0.815. The third-order valence-corrected chi connectivity index (χ3v) is 6.37. The molecule has 2 amide bonds. The molecule has 4 rings (SSSR count). The molecule has 0 spiro atoms. The lowest BCUT2D eigenvalue weighted by molar-refractivity contribution is -0.142. The van der Waals surface area contributed by atoms with Crippen LogP contribution in [0.4, 0.5) is 0 Å². The lowest BCUT2D eigenvalue weighted by Gasteiger charge is -2.31. The van der Waals surface area contributed by atoms with Crippen molar-refractivity contribution < 1.29 is 9.59 Å². The molecule has 1 N–H and O–H groups in total. The van der Waals surface area contributed by atoms with Crippen LogP contribution in [0.1, 0.15) is 36.8 Å². The lowest BCUT2D eigenvalue weighted by Crippen LogP contribution is -2.45. The molecule has 0 aliphatic rings. The first-order valence-corrected chi connectivity index (χ1v) is 12.2. The maximum atomic E-state index is 13.7. The van der Waals surface area contributed by atoms with Crippen LogP contribution >= 0.6 is 11.3 Å². The van der Waals surface area contributed by atoms with Crippen molar-refractivity contribution in [3.05, 3.63) is 76.7 Å². The van der Waals surface area contributed by atoms with Gasteiger partial charge in [-0.05, 0) is 42.0 Å². The Kier molecular flexibility index (Phi) is 7.64. The molecule has 8 nitrogen and oxygen atoms in total. The van der Waals surface area contributed by atoms with E-state index in [0.717, 1.165) is 22.3 Å². The number of benzene rings is 1. The summed E-state index contributed by atoms with van der Waals surface area (Å²) in [6, 6.07) is 14.2. The quantitative estimate of drug-likeness (QED) is 0.376. The minimum Gasteiger partial charge on any atom is -0.354 e. The zero-order chi connectivity index (χ0) is 23.9. The standard InChI is InChI=1S/C25H28N6O2S/c1-18(2)11-13-27-25(33)24(19-7-5-12-26-15-19)30(16-20-8-6-14-34-20)23(32)17-31-22-10-4-3-9-21(22)28-29-31/h3-10,12,14-15,18,24H,11,13,16-17H2,1-2H3,(H,27,33)/t24-/m0/s1. The summed E-state index contributed by atoms with van der Waals surface area (Å²) in [7, 11) is 0. The fourth-order valence-corrected chi connectivity index (χ4v) is 4.44. The van der Waals surface area contributed by atoms with Gasteiger partial charge in [-0.1, -0.05) is 43.3 Å². The van der Waals surface area contributed by atoms with E-state index in [2.05, 4.69) is 34.5 Å². The van der Waals surface area contributed by atoms with Gasteiger partial charge in [0.15, 0.2) is 0 Å². The van der Waals surface area contributed by atoms with Crippen molar-refractivity contribution in [3.8, 4) is 0 Å². The molecule has 3 aromatic heterocycles. The summed E-state index contributed by atoms with van der Waals surface area (Å²) in [5.41, 5.74) is 2.15. The van der Waals surface area contributed by atoms with Crippen LogP contribution in [0.3, 0.4) is 0 Å². The van der Waals surface area contributed by atoms with Gasteiger partial charge in [-0.3, -0.25) is 14.6 Å². The molecule has 4 aromatic rings. The number of nitrogens with one attached hydrogen (secondary N) is 1. The number of fused-ring (bicyclic) bond motifs is 1. The van der Waals surface area contributed by atoms with Crippen LogP contribution in [0.25, 0.3) is 11.0 Å². The van der Waals surface area contributed by atoms with Crippen molar-refractivity contribution >= 4 is 34.2 Å². The molecule has 9 heteroatoms. The molecule has 0 saturated carbocycles. The highest BCUT2D eigenvalue weighted by molar-refractivity contribution is 7.09. The predicted octanol–water partition coefficient (Wildman–Crippen LogP) is 3.82. The van der Waals surface area contributed by atoms with Crippen molar-refractivity contribution in [2.24, 2.45) is 5.92 Å². The molecule has 0 fully saturated rings. The lowest BCUT2D eigenvalue weighted by atomic mass is 10.1. The summed E-state index contributed by atoms with van der Waals surface area (Å²) in [4.78, 5) is 34.0. The van der Waals surface area contributed by atoms with E-state index in [1.54, 1.807) is 39.4 Å². The third kappa shape index (κ3) is 5.66. The number of para-hydroxylation sites is 1. The Morgan fingerprint density at radius 1 is 1.12 bits per heavy atom. The number of carbonyl (C=O) groups excluding carboxylic acids is 2. The van der Waals surface area contributed by atoms with Crippen LogP contribution in [-0.2, 0) is 22.7 Å². The fraction of sp³-hybridized carbons (Fsp3) is 0.320. The number of hydrogen-bond donors (Lipinski definition) is 1. The number of amides is 2. The van der Waals surface area contributed by atoms with Crippen LogP contribution < -0.4 is 5.32 Å². The highest BCUT2D eigenvalue weighted by Gasteiger charge is 2.32. The smallest absolute Gasteiger partial charge is 0.247 e. The summed E-state index contributed by atoms with van der Waals surface area (Å²) >= 11 is 1.55. The van der Waals surface area contributed by atoms with E-state index < -0.39 is 6.04 Å². The number of nitrogens with zero attached hydrogens (tertiary/aromatic N) is 5. The van der Waals surface area contributed by atoms with Gasteiger partial charge in [-0.25, -0.2) is 4.68 Å². The van der Waals surface area contributed by atoms with Gasteiger partial charge in [-0.2, -0.15) is 0 Å². The van der Waals surface area contributed by atoms with Crippen LogP contribution in [0.2, 0.25) is 0 Å². The Labute approximate surface area is 202 Å². The van der Waals surface area contributed by atoms with Crippen LogP contribution in [0.15, 0.2) is 66.3 Å². The molecule has 0 unspecified atom stereocenters. The Balaban J connectivity index is 1.66. The largest absolute Gasteiger partial charge is 0.354 e. The number of hydrogen-bond acceptors (Lipinski definition) is 6. The Morgan fingerprint density at radius 2 is 1.97 bits per heavy atom. The van der Waals surface area contributed by atoms with Crippen molar-refractivity contribution in [3.63, 3.8) is 0 Å². The molecule has 34 heavy (non-hydrogen) atoms. The molecule has 0 aliphatic heterocycles. The maximum absolute atomic E-state index is 13.7. The average Bonchev–Trinajstić information content (AvgIpc) is 3.49. The summed E-state index contributed by atoms with van der Waals surface area (Å²) in [5, 5.41) is 13.3. The fourth-order valence-electron chi connectivity index (χ4n) is 3.74. The molecule has 1 atom stereocenters. The maximum Gasteiger partial charge on any atom is 0.247 e.